The Balaban J connectivity index is 1.51. The lowest BCUT2D eigenvalue weighted by molar-refractivity contribution is -0.384. The van der Waals surface area contributed by atoms with Gasteiger partial charge in [-0.25, -0.2) is 0 Å². The Hall–Kier alpha value is -3.40. The zero-order valence-electron chi connectivity index (χ0n) is 15.5. The molecule has 0 atom stereocenters. The number of anilines is 1. The number of hydrogen-bond acceptors (Lipinski definition) is 5. The van der Waals surface area contributed by atoms with Crippen molar-refractivity contribution in [3.05, 3.63) is 69.8 Å². The molecule has 1 N–H and O–H groups in total. The third kappa shape index (κ3) is 4.86. The molecule has 0 unspecified atom stereocenters. The van der Waals surface area contributed by atoms with Crippen LogP contribution in [-0.4, -0.2) is 30.0 Å². The molecule has 2 aromatic carbocycles. The van der Waals surface area contributed by atoms with Crippen LogP contribution in [0.3, 0.4) is 0 Å². The topological polar surface area (TPSA) is 99.3 Å². The molecule has 1 aliphatic rings. The van der Waals surface area contributed by atoms with E-state index in [1.807, 2.05) is 36.4 Å². The Morgan fingerprint density at radius 1 is 1.21 bits per heavy atom. The molecule has 0 spiro atoms. The summed E-state index contributed by atoms with van der Waals surface area (Å²) in [5.41, 5.74) is 2.08. The number of carbonyl (C=O) groups is 1. The average molecular weight is 378 g/mol. The van der Waals surface area contributed by atoms with E-state index in [0.29, 0.717) is 30.8 Å². The van der Waals surface area contributed by atoms with Crippen LogP contribution in [0.1, 0.15) is 30.4 Å². The average Bonchev–Trinajstić information content (AvgIpc) is 2.73. The summed E-state index contributed by atoms with van der Waals surface area (Å²) in [7, 11) is 0. The van der Waals surface area contributed by atoms with Gasteiger partial charge in [-0.1, -0.05) is 30.3 Å². The van der Waals surface area contributed by atoms with Gasteiger partial charge in [-0.15, -0.1) is 0 Å². The van der Waals surface area contributed by atoms with Crippen molar-refractivity contribution >= 4 is 17.3 Å². The van der Waals surface area contributed by atoms with Gasteiger partial charge >= 0.3 is 0 Å². The number of hydrogen-bond donors (Lipinski definition) is 1. The molecule has 1 aliphatic heterocycles. The van der Waals surface area contributed by atoms with Gasteiger partial charge in [-0.05, 0) is 30.9 Å². The minimum absolute atomic E-state index is 0.0513. The number of nitrogens with one attached hydrogen (secondary N) is 1. The van der Waals surface area contributed by atoms with Gasteiger partial charge in [0.1, 0.15) is 6.07 Å². The molecule has 2 aromatic rings. The second-order valence-electron chi connectivity index (χ2n) is 6.88. The summed E-state index contributed by atoms with van der Waals surface area (Å²) in [5, 5.41) is 23.3. The van der Waals surface area contributed by atoms with E-state index in [1.54, 1.807) is 6.07 Å². The molecule has 0 aliphatic carbocycles. The Kier molecular flexibility index (Phi) is 6.22. The van der Waals surface area contributed by atoms with E-state index in [1.165, 1.54) is 12.1 Å². The molecule has 3 rings (SSSR count). The van der Waals surface area contributed by atoms with Crippen LogP contribution in [0.2, 0.25) is 0 Å². The number of aryl methyl sites for hydroxylation is 1. The number of nitro benzene ring substituents is 1. The molecule has 1 heterocycles. The van der Waals surface area contributed by atoms with Gasteiger partial charge in [-0.2, -0.15) is 5.26 Å². The van der Waals surface area contributed by atoms with E-state index < -0.39 is 4.92 Å². The number of nitrogens with zero attached hydrogens (tertiary/aromatic N) is 3. The second kappa shape index (κ2) is 9.00. The van der Waals surface area contributed by atoms with Crippen molar-refractivity contribution in [1.82, 2.24) is 5.32 Å². The highest BCUT2D eigenvalue weighted by atomic mass is 16.6. The Bertz CT molecular complexity index is 884. The number of nitro groups is 1. The van der Waals surface area contributed by atoms with Crippen molar-refractivity contribution in [2.24, 2.45) is 0 Å². The molecule has 0 saturated carbocycles. The maximum Gasteiger partial charge on any atom is 0.270 e. The van der Waals surface area contributed by atoms with Gasteiger partial charge < -0.3 is 10.2 Å². The molecule has 144 valence electrons. The van der Waals surface area contributed by atoms with Crippen molar-refractivity contribution in [3.8, 4) is 6.07 Å². The third-order valence-corrected chi connectivity index (χ3v) is 5.00. The van der Waals surface area contributed by atoms with Crippen LogP contribution < -0.4 is 10.2 Å². The molecule has 7 heteroatoms. The van der Waals surface area contributed by atoms with Crippen molar-refractivity contribution in [1.29, 1.82) is 5.26 Å². The molecule has 0 bridgehead atoms. The van der Waals surface area contributed by atoms with Crippen LogP contribution in [0.4, 0.5) is 11.4 Å². The maximum atomic E-state index is 12.2. The van der Waals surface area contributed by atoms with Gasteiger partial charge in [0.2, 0.25) is 5.91 Å². The highest BCUT2D eigenvalue weighted by Gasteiger charge is 2.23. The molecular weight excluding hydrogens is 356 g/mol. The first-order chi connectivity index (χ1) is 13.6. The summed E-state index contributed by atoms with van der Waals surface area (Å²) < 4.78 is 0. The van der Waals surface area contributed by atoms with Gasteiger partial charge in [0.15, 0.2) is 0 Å². The lowest BCUT2D eigenvalue weighted by Crippen LogP contribution is -2.45. The maximum absolute atomic E-state index is 12.2. The van der Waals surface area contributed by atoms with Crippen molar-refractivity contribution in [2.45, 2.75) is 31.7 Å². The smallest absolute Gasteiger partial charge is 0.270 e. The SMILES string of the molecule is N#Cc1cc([N+](=O)[O-])ccc1N1CCC(NC(=O)CCc2ccccc2)CC1. The van der Waals surface area contributed by atoms with Crippen molar-refractivity contribution in [2.75, 3.05) is 18.0 Å². The van der Waals surface area contributed by atoms with Crippen LogP contribution in [0, 0.1) is 21.4 Å². The highest BCUT2D eigenvalue weighted by molar-refractivity contribution is 5.76. The van der Waals surface area contributed by atoms with Crippen LogP contribution >= 0.6 is 0 Å². The standard InChI is InChI=1S/C21H22N4O3/c22-15-17-14-19(25(27)28)7-8-20(17)24-12-10-18(11-13-24)23-21(26)9-6-16-4-2-1-3-5-16/h1-5,7-8,14,18H,6,9-13H2,(H,23,26). The fourth-order valence-electron chi connectivity index (χ4n) is 3.47. The van der Waals surface area contributed by atoms with Crippen LogP contribution in [0.25, 0.3) is 0 Å². The summed E-state index contributed by atoms with van der Waals surface area (Å²) in [5.74, 6) is 0.0513. The Morgan fingerprint density at radius 2 is 1.93 bits per heavy atom. The number of piperidine rings is 1. The zero-order chi connectivity index (χ0) is 19.9. The Labute approximate surface area is 163 Å². The van der Waals surface area contributed by atoms with E-state index in [-0.39, 0.29) is 17.6 Å². The molecule has 1 fully saturated rings. The summed E-state index contributed by atoms with van der Waals surface area (Å²) in [4.78, 5) is 24.6. The van der Waals surface area contributed by atoms with E-state index in [0.717, 1.165) is 24.8 Å². The van der Waals surface area contributed by atoms with E-state index in [4.69, 9.17) is 0 Å². The number of carbonyl (C=O) groups excluding carboxylic acids is 1. The first-order valence-corrected chi connectivity index (χ1v) is 9.33. The van der Waals surface area contributed by atoms with Crippen LogP contribution in [0.5, 0.6) is 0 Å². The normalized spacial score (nSPS) is 14.3. The van der Waals surface area contributed by atoms with Crippen molar-refractivity contribution < 1.29 is 9.72 Å². The van der Waals surface area contributed by atoms with E-state index in [9.17, 15) is 20.2 Å². The van der Waals surface area contributed by atoms with Gasteiger partial charge in [-0.3, -0.25) is 14.9 Å². The molecule has 7 nitrogen and oxygen atoms in total. The highest BCUT2D eigenvalue weighted by Crippen LogP contribution is 2.27. The lowest BCUT2D eigenvalue weighted by Gasteiger charge is -2.34. The first kappa shape index (κ1) is 19.4. The minimum Gasteiger partial charge on any atom is -0.370 e. The summed E-state index contributed by atoms with van der Waals surface area (Å²) >= 11 is 0. The van der Waals surface area contributed by atoms with E-state index in [2.05, 4.69) is 10.2 Å². The molecule has 1 amide bonds. The first-order valence-electron chi connectivity index (χ1n) is 9.33. The summed E-state index contributed by atoms with van der Waals surface area (Å²) in [6.45, 7) is 1.38. The fraction of sp³-hybridized carbons (Fsp3) is 0.333. The van der Waals surface area contributed by atoms with E-state index >= 15 is 0 Å². The molecule has 28 heavy (non-hydrogen) atoms. The van der Waals surface area contributed by atoms with Gasteiger partial charge in [0.05, 0.1) is 16.2 Å². The zero-order valence-corrected chi connectivity index (χ0v) is 15.5. The predicted octanol–water partition coefficient (Wildman–Crippen LogP) is 3.18. The quantitative estimate of drug-likeness (QED) is 0.615. The summed E-state index contributed by atoms with van der Waals surface area (Å²) in [6, 6.07) is 16.5. The number of amides is 1. The van der Waals surface area contributed by atoms with Crippen LogP contribution in [-0.2, 0) is 11.2 Å². The lowest BCUT2D eigenvalue weighted by atomic mass is 10.0. The number of rotatable bonds is 6. The molecular formula is C21H22N4O3. The monoisotopic (exact) mass is 378 g/mol. The number of nitriles is 1. The Morgan fingerprint density at radius 3 is 2.57 bits per heavy atom. The minimum atomic E-state index is -0.498. The third-order valence-electron chi connectivity index (χ3n) is 5.00. The van der Waals surface area contributed by atoms with Crippen molar-refractivity contribution in [3.63, 3.8) is 0 Å². The number of benzene rings is 2. The molecule has 0 radical (unpaired) electrons. The predicted molar refractivity (Wildman–Crippen MR) is 106 cm³/mol. The summed E-state index contributed by atoms with van der Waals surface area (Å²) in [6.07, 6.45) is 2.74. The molecule has 0 aromatic heterocycles. The fourth-order valence-corrected chi connectivity index (χ4v) is 3.47. The molecule has 1 saturated heterocycles. The second-order valence-corrected chi connectivity index (χ2v) is 6.88. The van der Waals surface area contributed by atoms with Crippen LogP contribution in [0.15, 0.2) is 48.5 Å². The van der Waals surface area contributed by atoms with Gasteiger partial charge in [0.25, 0.3) is 5.69 Å². The largest absolute Gasteiger partial charge is 0.370 e. The number of non-ortho nitro benzene ring substituents is 1. The van der Waals surface area contributed by atoms with Gasteiger partial charge in [0, 0.05) is 37.7 Å².